The summed E-state index contributed by atoms with van der Waals surface area (Å²) >= 11 is 0. The lowest BCUT2D eigenvalue weighted by atomic mass is 10.2. The van der Waals surface area contributed by atoms with E-state index in [9.17, 15) is 13.6 Å². The predicted octanol–water partition coefficient (Wildman–Crippen LogP) is 2.23. The van der Waals surface area contributed by atoms with Crippen molar-refractivity contribution in [2.24, 2.45) is 0 Å². The number of anilines is 1. The van der Waals surface area contributed by atoms with Gasteiger partial charge in [0.2, 0.25) is 0 Å². The first-order chi connectivity index (χ1) is 6.60. The fraction of sp³-hybridized carbons (Fsp3) is 0.300. The van der Waals surface area contributed by atoms with Gasteiger partial charge in [0, 0.05) is 19.2 Å². The highest BCUT2D eigenvalue weighted by Crippen LogP contribution is 2.23. The molecule has 2 nitrogen and oxygen atoms in total. The third-order valence-electron chi connectivity index (χ3n) is 2.03. The third kappa shape index (κ3) is 1.89. The second kappa shape index (κ2) is 4.17. The molecule has 0 aliphatic rings. The molecule has 1 aromatic carbocycles. The van der Waals surface area contributed by atoms with Crippen LogP contribution >= 0.6 is 0 Å². The molecule has 0 bridgehead atoms. The van der Waals surface area contributed by atoms with E-state index in [0.717, 1.165) is 12.1 Å². The van der Waals surface area contributed by atoms with E-state index >= 15 is 0 Å². The SMILES string of the molecule is CCN(C)c1c(F)cc(C=O)cc1F. The van der Waals surface area contributed by atoms with Crippen molar-refractivity contribution >= 4 is 12.0 Å². The van der Waals surface area contributed by atoms with Gasteiger partial charge in [0.15, 0.2) is 0 Å². The highest BCUT2D eigenvalue weighted by Gasteiger charge is 2.13. The summed E-state index contributed by atoms with van der Waals surface area (Å²) in [4.78, 5) is 11.8. The average molecular weight is 199 g/mol. The van der Waals surface area contributed by atoms with E-state index < -0.39 is 11.6 Å². The Hall–Kier alpha value is -1.45. The summed E-state index contributed by atoms with van der Waals surface area (Å²) in [5, 5.41) is 0. The third-order valence-corrected chi connectivity index (χ3v) is 2.03. The minimum atomic E-state index is -0.712. The first kappa shape index (κ1) is 10.6. The fourth-order valence-electron chi connectivity index (χ4n) is 1.18. The number of hydrogen-bond donors (Lipinski definition) is 0. The number of nitrogens with zero attached hydrogens (tertiary/aromatic N) is 1. The van der Waals surface area contributed by atoms with Crippen molar-refractivity contribution in [3.05, 3.63) is 29.3 Å². The molecule has 0 radical (unpaired) electrons. The molecule has 0 spiro atoms. The normalized spacial score (nSPS) is 10.0. The quantitative estimate of drug-likeness (QED) is 0.696. The summed E-state index contributed by atoms with van der Waals surface area (Å²) in [5.41, 5.74) is -0.0913. The zero-order valence-corrected chi connectivity index (χ0v) is 8.05. The minimum absolute atomic E-state index is 0.00764. The number of carbonyl (C=O) groups is 1. The van der Waals surface area contributed by atoms with Gasteiger partial charge < -0.3 is 4.90 Å². The molecule has 0 saturated heterocycles. The summed E-state index contributed by atoms with van der Waals surface area (Å²) in [5.74, 6) is -1.42. The van der Waals surface area contributed by atoms with Crippen molar-refractivity contribution < 1.29 is 13.6 Å². The van der Waals surface area contributed by atoms with Crippen LogP contribution in [0.5, 0.6) is 0 Å². The van der Waals surface area contributed by atoms with Gasteiger partial charge in [-0.05, 0) is 19.1 Å². The van der Waals surface area contributed by atoms with Crippen LogP contribution in [0.3, 0.4) is 0 Å². The van der Waals surface area contributed by atoms with Crippen LogP contribution in [0.25, 0.3) is 0 Å². The van der Waals surface area contributed by atoms with Crippen LogP contribution in [0.2, 0.25) is 0 Å². The molecule has 0 unspecified atom stereocenters. The van der Waals surface area contributed by atoms with E-state index in [1.165, 1.54) is 4.90 Å². The smallest absolute Gasteiger partial charge is 0.150 e. The van der Waals surface area contributed by atoms with Gasteiger partial charge >= 0.3 is 0 Å². The lowest BCUT2D eigenvalue weighted by Crippen LogP contribution is -2.19. The maximum atomic E-state index is 13.3. The number of carbonyl (C=O) groups excluding carboxylic acids is 1. The molecule has 76 valence electrons. The van der Waals surface area contributed by atoms with Crippen molar-refractivity contribution in [3.63, 3.8) is 0 Å². The van der Waals surface area contributed by atoms with E-state index in [2.05, 4.69) is 0 Å². The lowest BCUT2D eigenvalue weighted by Gasteiger charge is -2.18. The molecule has 0 N–H and O–H groups in total. The summed E-state index contributed by atoms with van der Waals surface area (Å²) in [7, 11) is 1.59. The second-order valence-corrected chi connectivity index (χ2v) is 2.97. The summed E-state index contributed by atoms with van der Waals surface area (Å²) in [6.45, 7) is 2.28. The lowest BCUT2D eigenvalue weighted by molar-refractivity contribution is 0.112. The molecule has 1 rings (SSSR count). The number of aldehydes is 1. The summed E-state index contributed by atoms with van der Waals surface area (Å²) < 4.78 is 26.6. The number of rotatable bonds is 3. The van der Waals surface area contributed by atoms with Crippen molar-refractivity contribution in [2.45, 2.75) is 6.92 Å². The first-order valence-corrected chi connectivity index (χ1v) is 4.25. The molecule has 0 amide bonds. The van der Waals surface area contributed by atoms with Crippen LogP contribution < -0.4 is 4.90 Å². The van der Waals surface area contributed by atoms with Crippen LogP contribution in [0.15, 0.2) is 12.1 Å². The standard InChI is InChI=1S/C10H11F2NO/c1-3-13(2)10-8(11)4-7(6-14)5-9(10)12/h4-6H,3H2,1-2H3. The molecule has 14 heavy (non-hydrogen) atoms. The van der Waals surface area contributed by atoms with Crippen LogP contribution in [0.1, 0.15) is 17.3 Å². The van der Waals surface area contributed by atoms with Crippen molar-refractivity contribution in [1.82, 2.24) is 0 Å². The molecule has 0 heterocycles. The van der Waals surface area contributed by atoms with Crippen molar-refractivity contribution in [3.8, 4) is 0 Å². The molecule has 0 aromatic heterocycles. The van der Waals surface area contributed by atoms with Crippen LogP contribution in [-0.4, -0.2) is 19.9 Å². The predicted molar refractivity (Wildman–Crippen MR) is 50.7 cm³/mol. The van der Waals surface area contributed by atoms with Crippen LogP contribution in [0, 0.1) is 11.6 Å². The highest BCUT2D eigenvalue weighted by molar-refractivity contribution is 5.76. The zero-order valence-electron chi connectivity index (χ0n) is 8.05. The Morgan fingerprint density at radius 3 is 2.21 bits per heavy atom. The average Bonchev–Trinajstić information content (AvgIpc) is 2.16. The van der Waals surface area contributed by atoms with E-state index in [4.69, 9.17) is 0 Å². The number of hydrogen-bond acceptors (Lipinski definition) is 2. The molecule has 0 aliphatic carbocycles. The van der Waals surface area contributed by atoms with Crippen molar-refractivity contribution in [1.29, 1.82) is 0 Å². The van der Waals surface area contributed by atoms with Gasteiger partial charge in [-0.25, -0.2) is 8.78 Å². The molecule has 0 fully saturated rings. The Kier molecular flexibility index (Phi) is 3.17. The Morgan fingerprint density at radius 2 is 1.86 bits per heavy atom. The second-order valence-electron chi connectivity index (χ2n) is 2.97. The van der Waals surface area contributed by atoms with Gasteiger partial charge in [0.05, 0.1) is 0 Å². The number of halogens is 2. The summed E-state index contributed by atoms with van der Waals surface area (Å²) in [6.07, 6.45) is 0.419. The van der Waals surface area contributed by atoms with Gasteiger partial charge in [0.1, 0.15) is 23.6 Å². The molecule has 0 saturated carbocycles. The van der Waals surface area contributed by atoms with E-state index in [-0.39, 0.29) is 11.3 Å². The number of benzene rings is 1. The Labute approximate surface area is 81.1 Å². The molecular weight excluding hydrogens is 188 g/mol. The molecule has 0 aliphatic heterocycles. The Morgan fingerprint density at radius 1 is 1.36 bits per heavy atom. The van der Waals surface area contributed by atoms with Gasteiger partial charge in [-0.3, -0.25) is 4.79 Å². The highest BCUT2D eigenvalue weighted by atomic mass is 19.1. The molecule has 4 heteroatoms. The maximum Gasteiger partial charge on any atom is 0.150 e. The van der Waals surface area contributed by atoms with E-state index in [0.29, 0.717) is 12.8 Å². The fourth-order valence-corrected chi connectivity index (χ4v) is 1.18. The van der Waals surface area contributed by atoms with Crippen LogP contribution in [-0.2, 0) is 0 Å². The van der Waals surface area contributed by atoms with Gasteiger partial charge in [-0.1, -0.05) is 0 Å². The monoisotopic (exact) mass is 199 g/mol. The molecule has 1 aromatic rings. The maximum absolute atomic E-state index is 13.3. The minimum Gasteiger partial charge on any atom is -0.370 e. The van der Waals surface area contributed by atoms with E-state index in [1.807, 2.05) is 0 Å². The summed E-state index contributed by atoms with van der Waals surface area (Å²) in [6, 6.07) is 2.05. The molecular formula is C10H11F2NO. The first-order valence-electron chi connectivity index (χ1n) is 4.25. The largest absolute Gasteiger partial charge is 0.370 e. The van der Waals surface area contributed by atoms with Crippen molar-refractivity contribution in [2.75, 3.05) is 18.5 Å². The Balaban J connectivity index is 3.24. The Bertz CT molecular complexity index is 329. The topological polar surface area (TPSA) is 20.3 Å². The molecule has 0 atom stereocenters. The van der Waals surface area contributed by atoms with Crippen LogP contribution in [0.4, 0.5) is 14.5 Å². The van der Waals surface area contributed by atoms with Gasteiger partial charge in [-0.2, -0.15) is 0 Å². The van der Waals surface area contributed by atoms with Gasteiger partial charge in [-0.15, -0.1) is 0 Å². The van der Waals surface area contributed by atoms with E-state index in [1.54, 1.807) is 14.0 Å². The van der Waals surface area contributed by atoms with Gasteiger partial charge in [0.25, 0.3) is 0 Å². The zero-order chi connectivity index (χ0) is 10.7.